The second-order valence-corrected chi connectivity index (χ2v) is 3.69. The highest BCUT2D eigenvalue weighted by atomic mass is 19.4. The molecule has 0 aliphatic carbocycles. The Morgan fingerprint density at radius 1 is 1.35 bits per heavy atom. The lowest BCUT2D eigenvalue weighted by atomic mass is 10.0. The molecule has 0 aliphatic rings. The quantitative estimate of drug-likeness (QED) is 0.607. The van der Waals surface area contributed by atoms with Crippen molar-refractivity contribution in [2.45, 2.75) is 26.1 Å². The largest absolute Gasteiger partial charge is 0.573 e. The number of nitrogens with zero attached hydrogens (tertiary/aromatic N) is 1. The number of nitro benzene ring substituents is 1. The first-order valence-corrected chi connectivity index (χ1v) is 4.75. The molecule has 17 heavy (non-hydrogen) atoms. The van der Waals surface area contributed by atoms with Gasteiger partial charge in [0, 0.05) is 6.07 Å². The molecule has 0 amide bonds. The smallest absolute Gasteiger partial charge is 0.398 e. The third-order valence-electron chi connectivity index (χ3n) is 2.07. The van der Waals surface area contributed by atoms with Crippen molar-refractivity contribution in [3.05, 3.63) is 33.9 Å². The molecule has 7 heteroatoms. The maximum Gasteiger partial charge on any atom is 0.573 e. The zero-order valence-corrected chi connectivity index (χ0v) is 9.12. The number of alkyl halides is 3. The molecular formula is C10H10F3NO3. The van der Waals surface area contributed by atoms with Crippen molar-refractivity contribution < 1.29 is 22.8 Å². The van der Waals surface area contributed by atoms with Gasteiger partial charge in [-0.2, -0.15) is 0 Å². The van der Waals surface area contributed by atoms with E-state index in [4.69, 9.17) is 0 Å². The minimum absolute atomic E-state index is 0.0496. The van der Waals surface area contributed by atoms with Crippen LogP contribution in [-0.2, 0) is 0 Å². The van der Waals surface area contributed by atoms with Crippen LogP contribution in [0.25, 0.3) is 0 Å². The molecule has 0 saturated carbocycles. The van der Waals surface area contributed by atoms with Gasteiger partial charge in [0.1, 0.15) is 0 Å². The molecule has 1 rings (SSSR count). The van der Waals surface area contributed by atoms with Gasteiger partial charge in [-0.25, -0.2) is 0 Å². The van der Waals surface area contributed by atoms with Gasteiger partial charge in [0.25, 0.3) is 0 Å². The number of ether oxygens (including phenoxy) is 1. The van der Waals surface area contributed by atoms with Crippen LogP contribution in [0, 0.1) is 10.1 Å². The lowest BCUT2D eigenvalue weighted by Crippen LogP contribution is -2.18. The van der Waals surface area contributed by atoms with Crippen LogP contribution in [-0.4, -0.2) is 11.3 Å². The molecule has 0 spiro atoms. The number of rotatable bonds is 3. The molecule has 1 aromatic rings. The highest BCUT2D eigenvalue weighted by molar-refractivity contribution is 5.49. The van der Waals surface area contributed by atoms with Crippen LogP contribution in [0.15, 0.2) is 18.2 Å². The normalized spacial score (nSPS) is 11.6. The number of nitro groups is 1. The first kappa shape index (κ1) is 13.3. The average Bonchev–Trinajstić information content (AvgIpc) is 2.14. The fourth-order valence-electron chi connectivity index (χ4n) is 1.25. The monoisotopic (exact) mass is 249 g/mol. The molecule has 1 aromatic carbocycles. The predicted octanol–water partition coefficient (Wildman–Crippen LogP) is 3.62. The fraction of sp³-hybridized carbons (Fsp3) is 0.400. The van der Waals surface area contributed by atoms with Crippen molar-refractivity contribution in [1.82, 2.24) is 0 Å². The van der Waals surface area contributed by atoms with Crippen molar-refractivity contribution in [2.24, 2.45) is 0 Å². The van der Waals surface area contributed by atoms with Crippen molar-refractivity contribution >= 4 is 5.69 Å². The number of hydrogen-bond donors (Lipinski definition) is 0. The number of hydrogen-bond acceptors (Lipinski definition) is 3. The first-order valence-electron chi connectivity index (χ1n) is 4.75. The summed E-state index contributed by atoms with van der Waals surface area (Å²) in [5.41, 5.74) is -0.165. The molecule has 0 saturated heterocycles. The molecule has 0 aliphatic heterocycles. The van der Waals surface area contributed by atoms with Gasteiger partial charge < -0.3 is 4.74 Å². The molecule has 0 heterocycles. The minimum atomic E-state index is -4.94. The Kier molecular flexibility index (Phi) is 3.59. The van der Waals surface area contributed by atoms with E-state index >= 15 is 0 Å². The molecular weight excluding hydrogens is 239 g/mol. The summed E-state index contributed by atoms with van der Waals surface area (Å²) in [4.78, 5) is 9.64. The Balaban J connectivity index is 3.21. The van der Waals surface area contributed by atoms with E-state index < -0.39 is 22.7 Å². The third-order valence-corrected chi connectivity index (χ3v) is 2.07. The van der Waals surface area contributed by atoms with Crippen LogP contribution in [0.5, 0.6) is 5.75 Å². The fourth-order valence-corrected chi connectivity index (χ4v) is 1.25. The molecule has 0 bridgehead atoms. The number of halogens is 3. The SMILES string of the molecule is CC(C)c1ccc([N+](=O)[O-])c(OC(F)(F)F)c1. The van der Waals surface area contributed by atoms with Crippen molar-refractivity contribution in [3.8, 4) is 5.75 Å². The van der Waals surface area contributed by atoms with Gasteiger partial charge in [-0.05, 0) is 17.5 Å². The average molecular weight is 249 g/mol. The highest BCUT2D eigenvalue weighted by Gasteiger charge is 2.34. The summed E-state index contributed by atoms with van der Waals surface area (Å²) in [6.45, 7) is 3.52. The molecule has 0 fully saturated rings. The van der Waals surface area contributed by atoms with Crippen LogP contribution >= 0.6 is 0 Å². The van der Waals surface area contributed by atoms with Crippen LogP contribution in [0.1, 0.15) is 25.3 Å². The van der Waals surface area contributed by atoms with Gasteiger partial charge in [0.05, 0.1) is 4.92 Å². The van der Waals surface area contributed by atoms with E-state index in [1.54, 1.807) is 13.8 Å². The van der Waals surface area contributed by atoms with Gasteiger partial charge in [-0.15, -0.1) is 13.2 Å². The van der Waals surface area contributed by atoms with Gasteiger partial charge in [-0.1, -0.05) is 19.9 Å². The van der Waals surface area contributed by atoms with Crippen molar-refractivity contribution in [2.75, 3.05) is 0 Å². The summed E-state index contributed by atoms with van der Waals surface area (Å²) in [5, 5.41) is 10.5. The number of benzene rings is 1. The van der Waals surface area contributed by atoms with Gasteiger partial charge in [0.15, 0.2) is 0 Å². The maximum absolute atomic E-state index is 12.1. The lowest BCUT2D eigenvalue weighted by molar-refractivity contribution is -0.388. The standard InChI is InChI=1S/C10H10F3NO3/c1-6(2)7-3-4-8(14(15)16)9(5-7)17-10(11,12)13/h3-6H,1-2H3. The Bertz CT molecular complexity index is 429. The van der Waals surface area contributed by atoms with Crippen LogP contribution in [0.3, 0.4) is 0 Å². The van der Waals surface area contributed by atoms with Gasteiger partial charge >= 0.3 is 12.0 Å². The maximum atomic E-state index is 12.1. The molecule has 94 valence electrons. The molecule has 0 aromatic heterocycles. The Labute approximate surface area is 95.2 Å². The zero-order chi connectivity index (χ0) is 13.2. The highest BCUT2D eigenvalue weighted by Crippen LogP contribution is 2.34. The molecule has 0 unspecified atom stereocenters. The summed E-state index contributed by atoms with van der Waals surface area (Å²) >= 11 is 0. The van der Waals surface area contributed by atoms with Crippen molar-refractivity contribution in [3.63, 3.8) is 0 Å². The van der Waals surface area contributed by atoms with E-state index in [2.05, 4.69) is 4.74 Å². The molecule has 0 N–H and O–H groups in total. The van der Waals surface area contributed by atoms with E-state index in [1.807, 2.05) is 0 Å². The van der Waals surface area contributed by atoms with Crippen LogP contribution in [0.4, 0.5) is 18.9 Å². The summed E-state index contributed by atoms with van der Waals surface area (Å²) in [6.07, 6.45) is -4.94. The second-order valence-electron chi connectivity index (χ2n) is 3.69. The molecule has 0 atom stereocenters. The van der Waals surface area contributed by atoms with E-state index in [-0.39, 0.29) is 5.92 Å². The van der Waals surface area contributed by atoms with E-state index in [1.165, 1.54) is 6.07 Å². The summed E-state index contributed by atoms with van der Waals surface area (Å²) in [5.74, 6) is -0.833. The Morgan fingerprint density at radius 2 is 1.94 bits per heavy atom. The zero-order valence-electron chi connectivity index (χ0n) is 9.12. The van der Waals surface area contributed by atoms with Crippen LogP contribution < -0.4 is 4.74 Å². The van der Waals surface area contributed by atoms with E-state index in [0.29, 0.717) is 5.56 Å². The van der Waals surface area contributed by atoms with Gasteiger partial charge in [-0.3, -0.25) is 10.1 Å². The lowest BCUT2D eigenvalue weighted by Gasteiger charge is -2.11. The van der Waals surface area contributed by atoms with Crippen molar-refractivity contribution in [1.29, 1.82) is 0 Å². The molecule has 4 nitrogen and oxygen atoms in total. The van der Waals surface area contributed by atoms with Crippen LogP contribution in [0.2, 0.25) is 0 Å². The summed E-state index contributed by atoms with van der Waals surface area (Å²) in [7, 11) is 0. The predicted molar refractivity (Wildman–Crippen MR) is 53.9 cm³/mol. The summed E-state index contributed by atoms with van der Waals surface area (Å²) < 4.78 is 39.9. The summed E-state index contributed by atoms with van der Waals surface area (Å²) in [6, 6.07) is 3.46. The first-order chi connectivity index (χ1) is 7.70. The van der Waals surface area contributed by atoms with E-state index in [0.717, 1.165) is 12.1 Å². The van der Waals surface area contributed by atoms with E-state index in [9.17, 15) is 23.3 Å². The topological polar surface area (TPSA) is 52.4 Å². The van der Waals surface area contributed by atoms with Gasteiger partial charge in [0.2, 0.25) is 5.75 Å². The second kappa shape index (κ2) is 4.60. The Hall–Kier alpha value is -1.79. The third kappa shape index (κ3) is 3.61. The molecule has 0 radical (unpaired) electrons. The minimum Gasteiger partial charge on any atom is -0.398 e. The Morgan fingerprint density at radius 3 is 2.35 bits per heavy atom.